The molecule has 1 nitrogen and oxygen atoms in total. The molecule has 1 atom stereocenters. The number of aliphatic hydroxyl groups excluding tert-OH is 1. The first kappa shape index (κ1) is 14.4. The lowest BCUT2D eigenvalue weighted by Gasteiger charge is -2.14. The SMILES string of the molecule is OC(Cc1cc(F)ccc1Cl)c1ccc(F)cc1Br. The van der Waals surface area contributed by atoms with Crippen LogP contribution in [0.5, 0.6) is 0 Å². The van der Waals surface area contributed by atoms with Gasteiger partial charge in [-0.1, -0.05) is 33.6 Å². The Morgan fingerprint density at radius 1 is 1.11 bits per heavy atom. The van der Waals surface area contributed by atoms with Crippen molar-refractivity contribution in [2.24, 2.45) is 0 Å². The number of halogens is 4. The van der Waals surface area contributed by atoms with Gasteiger partial charge in [-0.05, 0) is 41.5 Å². The van der Waals surface area contributed by atoms with E-state index >= 15 is 0 Å². The zero-order valence-corrected chi connectivity index (χ0v) is 12.0. The van der Waals surface area contributed by atoms with Crippen LogP contribution in [0, 0.1) is 11.6 Å². The monoisotopic (exact) mass is 346 g/mol. The van der Waals surface area contributed by atoms with Crippen LogP contribution >= 0.6 is 27.5 Å². The second kappa shape index (κ2) is 5.99. The summed E-state index contributed by atoms with van der Waals surface area (Å²) in [7, 11) is 0. The van der Waals surface area contributed by atoms with E-state index in [4.69, 9.17) is 11.6 Å². The summed E-state index contributed by atoms with van der Waals surface area (Å²) < 4.78 is 26.6. The summed E-state index contributed by atoms with van der Waals surface area (Å²) in [5, 5.41) is 10.5. The molecule has 0 spiro atoms. The Kier molecular flexibility index (Phi) is 4.55. The molecular weight excluding hydrogens is 338 g/mol. The highest BCUT2D eigenvalue weighted by molar-refractivity contribution is 9.10. The van der Waals surface area contributed by atoms with Crippen molar-refractivity contribution in [2.75, 3.05) is 0 Å². The molecule has 0 aliphatic rings. The topological polar surface area (TPSA) is 20.2 Å². The third-order valence-electron chi connectivity index (χ3n) is 2.74. The Bertz CT molecular complexity index is 604. The van der Waals surface area contributed by atoms with Gasteiger partial charge in [0.05, 0.1) is 6.10 Å². The van der Waals surface area contributed by atoms with Gasteiger partial charge in [-0.3, -0.25) is 0 Å². The predicted molar refractivity (Wildman–Crippen MR) is 74.2 cm³/mol. The average Bonchev–Trinajstić information content (AvgIpc) is 2.33. The quantitative estimate of drug-likeness (QED) is 0.856. The van der Waals surface area contributed by atoms with E-state index < -0.39 is 17.7 Å². The van der Waals surface area contributed by atoms with Crippen LogP contribution in [-0.2, 0) is 6.42 Å². The molecule has 0 radical (unpaired) electrons. The van der Waals surface area contributed by atoms with Crippen LogP contribution in [0.3, 0.4) is 0 Å². The minimum absolute atomic E-state index is 0.154. The van der Waals surface area contributed by atoms with Crippen molar-refractivity contribution in [3.8, 4) is 0 Å². The number of rotatable bonds is 3. The summed E-state index contributed by atoms with van der Waals surface area (Å²) in [6.45, 7) is 0. The van der Waals surface area contributed by atoms with Gasteiger partial charge in [0.15, 0.2) is 0 Å². The van der Waals surface area contributed by atoms with Crippen molar-refractivity contribution in [2.45, 2.75) is 12.5 Å². The molecule has 5 heteroatoms. The fourth-order valence-corrected chi connectivity index (χ4v) is 2.60. The lowest BCUT2D eigenvalue weighted by atomic mass is 10.0. The van der Waals surface area contributed by atoms with Gasteiger partial charge in [0.1, 0.15) is 11.6 Å². The van der Waals surface area contributed by atoms with Crippen molar-refractivity contribution in [1.29, 1.82) is 0 Å². The van der Waals surface area contributed by atoms with E-state index in [0.717, 1.165) is 0 Å². The van der Waals surface area contributed by atoms with E-state index in [1.807, 2.05) is 0 Å². The molecule has 0 aliphatic carbocycles. The standard InChI is InChI=1S/C14H10BrClF2O/c15-12-7-10(18)1-3-11(12)14(19)6-8-5-9(17)2-4-13(8)16/h1-5,7,14,19H,6H2. The van der Waals surface area contributed by atoms with Gasteiger partial charge >= 0.3 is 0 Å². The molecule has 0 saturated heterocycles. The van der Waals surface area contributed by atoms with Crippen molar-refractivity contribution in [3.05, 3.63) is 68.7 Å². The van der Waals surface area contributed by atoms with Gasteiger partial charge in [0.25, 0.3) is 0 Å². The maximum Gasteiger partial charge on any atom is 0.124 e. The van der Waals surface area contributed by atoms with Crippen LogP contribution in [0.15, 0.2) is 40.9 Å². The van der Waals surface area contributed by atoms with E-state index in [-0.39, 0.29) is 6.42 Å². The molecule has 1 unspecified atom stereocenters. The van der Waals surface area contributed by atoms with E-state index in [2.05, 4.69) is 15.9 Å². The van der Waals surface area contributed by atoms with Crippen molar-refractivity contribution >= 4 is 27.5 Å². The summed E-state index contributed by atoms with van der Waals surface area (Å²) in [4.78, 5) is 0. The van der Waals surface area contributed by atoms with Crippen LogP contribution in [0.1, 0.15) is 17.2 Å². The maximum atomic E-state index is 13.1. The van der Waals surface area contributed by atoms with E-state index in [1.165, 1.54) is 36.4 Å². The molecule has 1 N–H and O–H groups in total. The largest absolute Gasteiger partial charge is 0.388 e. The second-order valence-corrected chi connectivity index (χ2v) is 5.38. The smallest absolute Gasteiger partial charge is 0.124 e. The zero-order chi connectivity index (χ0) is 14.0. The summed E-state index contributed by atoms with van der Waals surface area (Å²) in [5.74, 6) is -0.809. The van der Waals surface area contributed by atoms with Gasteiger partial charge < -0.3 is 5.11 Å². The molecule has 100 valence electrons. The Hall–Kier alpha value is -0.970. The van der Waals surface area contributed by atoms with E-state index in [9.17, 15) is 13.9 Å². The Morgan fingerprint density at radius 2 is 1.74 bits per heavy atom. The average molecular weight is 348 g/mol. The van der Waals surface area contributed by atoms with Crippen LogP contribution in [0.4, 0.5) is 8.78 Å². The molecule has 0 heterocycles. The minimum atomic E-state index is -0.894. The molecule has 0 amide bonds. The molecule has 0 bridgehead atoms. The van der Waals surface area contributed by atoms with E-state index in [1.54, 1.807) is 0 Å². The molecule has 2 aromatic carbocycles. The maximum absolute atomic E-state index is 13.1. The molecule has 0 saturated carbocycles. The summed E-state index contributed by atoms with van der Waals surface area (Å²) in [6.07, 6.45) is -0.741. The second-order valence-electron chi connectivity index (χ2n) is 4.12. The minimum Gasteiger partial charge on any atom is -0.388 e. The van der Waals surface area contributed by atoms with Gasteiger partial charge in [-0.25, -0.2) is 8.78 Å². The highest BCUT2D eigenvalue weighted by Gasteiger charge is 2.14. The number of hydrogen-bond acceptors (Lipinski definition) is 1. The van der Waals surface area contributed by atoms with E-state index in [0.29, 0.717) is 20.6 Å². The van der Waals surface area contributed by atoms with Gasteiger partial charge in [-0.2, -0.15) is 0 Å². The molecule has 19 heavy (non-hydrogen) atoms. The Labute approximate surface area is 123 Å². The highest BCUT2D eigenvalue weighted by atomic mass is 79.9. The molecule has 0 aromatic heterocycles. The third-order valence-corrected chi connectivity index (χ3v) is 3.80. The normalized spacial score (nSPS) is 12.5. The molecule has 0 fully saturated rings. The Balaban J connectivity index is 2.25. The first-order valence-electron chi connectivity index (χ1n) is 5.54. The van der Waals surface area contributed by atoms with Crippen molar-refractivity contribution in [3.63, 3.8) is 0 Å². The first-order chi connectivity index (χ1) is 8.97. The van der Waals surface area contributed by atoms with Crippen LogP contribution < -0.4 is 0 Å². The molecular formula is C14H10BrClF2O. The summed E-state index contributed by atoms with van der Waals surface area (Å²) >= 11 is 9.13. The van der Waals surface area contributed by atoms with Gasteiger partial charge in [-0.15, -0.1) is 0 Å². The third kappa shape index (κ3) is 3.53. The van der Waals surface area contributed by atoms with Gasteiger partial charge in [0.2, 0.25) is 0 Å². The molecule has 2 aromatic rings. The first-order valence-corrected chi connectivity index (χ1v) is 6.71. The number of benzene rings is 2. The lowest BCUT2D eigenvalue weighted by molar-refractivity contribution is 0.177. The molecule has 2 rings (SSSR count). The van der Waals surface area contributed by atoms with Crippen LogP contribution in [0.2, 0.25) is 5.02 Å². The van der Waals surface area contributed by atoms with Crippen molar-refractivity contribution < 1.29 is 13.9 Å². The zero-order valence-electron chi connectivity index (χ0n) is 9.71. The summed E-state index contributed by atoms with van der Waals surface area (Å²) in [6, 6.07) is 7.99. The molecule has 0 aliphatic heterocycles. The lowest BCUT2D eigenvalue weighted by Crippen LogP contribution is -2.04. The van der Waals surface area contributed by atoms with Gasteiger partial charge in [0, 0.05) is 15.9 Å². The van der Waals surface area contributed by atoms with Crippen LogP contribution in [0.25, 0.3) is 0 Å². The fourth-order valence-electron chi connectivity index (χ4n) is 1.79. The van der Waals surface area contributed by atoms with Crippen molar-refractivity contribution in [1.82, 2.24) is 0 Å². The predicted octanol–water partition coefficient (Wildman–Crippen LogP) is 4.66. The number of hydrogen-bond donors (Lipinski definition) is 1. The fraction of sp³-hybridized carbons (Fsp3) is 0.143. The number of aliphatic hydroxyl groups is 1. The summed E-state index contributed by atoms with van der Waals surface area (Å²) in [5.41, 5.74) is 1.03. The van der Waals surface area contributed by atoms with Crippen LogP contribution in [-0.4, -0.2) is 5.11 Å². The highest BCUT2D eigenvalue weighted by Crippen LogP contribution is 2.29. The Morgan fingerprint density at radius 3 is 2.42 bits per heavy atom.